The molecule has 1 amide bonds. The molecule has 0 unspecified atom stereocenters. The van der Waals surface area contributed by atoms with Gasteiger partial charge in [0.25, 0.3) is 0 Å². The Morgan fingerprint density at radius 3 is 2.34 bits per heavy atom. The van der Waals surface area contributed by atoms with Crippen LogP contribution in [0.2, 0.25) is 10.0 Å². The number of pyridine rings is 1. The van der Waals surface area contributed by atoms with Gasteiger partial charge in [-0.3, -0.25) is 9.80 Å². The molecular formula is C37H38Cl2FN3O7. The molecule has 1 aromatic heterocycles. The SMILES string of the molecule is COc1ccc([C@H](Cc2c(Cl)c[nH+]cc2Cl)OC(=O)c2cccc(CN(C(=O)O[C@H]3CN4CCC3CC4)c3cccc(F)c3)c2)cc1OC.[OH-]. The molecule has 0 spiro atoms. The van der Waals surface area contributed by atoms with E-state index >= 15 is 0 Å². The van der Waals surface area contributed by atoms with Gasteiger partial charge in [0.15, 0.2) is 23.9 Å². The lowest BCUT2D eigenvalue weighted by Gasteiger charge is -2.44. The number of nitrogens with one attached hydrogen (secondary N) is 1. The molecule has 264 valence electrons. The van der Waals surface area contributed by atoms with Gasteiger partial charge in [-0.1, -0.05) is 47.5 Å². The molecule has 3 aliphatic rings. The normalized spacial score (nSPS) is 18.4. The molecule has 0 radical (unpaired) electrons. The molecule has 50 heavy (non-hydrogen) atoms. The fourth-order valence-electron chi connectivity index (χ4n) is 6.46. The molecule has 3 fully saturated rings. The maximum Gasteiger partial charge on any atom is 0.414 e. The lowest BCUT2D eigenvalue weighted by atomic mass is 9.86. The summed E-state index contributed by atoms with van der Waals surface area (Å²) in [4.78, 5) is 34.0. The first kappa shape index (κ1) is 36.9. The third-order valence-electron chi connectivity index (χ3n) is 9.11. The lowest BCUT2D eigenvalue weighted by Crippen LogP contribution is -2.53. The summed E-state index contributed by atoms with van der Waals surface area (Å²) in [6.07, 6.45) is 3.73. The Kier molecular flexibility index (Phi) is 12.2. The van der Waals surface area contributed by atoms with Gasteiger partial charge in [0.1, 0.15) is 28.1 Å². The van der Waals surface area contributed by atoms with Crippen LogP contribution in [0, 0.1) is 11.7 Å². The molecule has 0 aliphatic carbocycles. The van der Waals surface area contributed by atoms with Gasteiger partial charge in [0.2, 0.25) is 0 Å². The number of aromatic nitrogens is 1. The maximum atomic E-state index is 14.4. The van der Waals surface area contributed by atoms with Crippen molar-refractivity contribution in [2.45, 2.75) is 38.0 Å². The number of anilines is 1. The molecule has 3 aliphatic heterocycles. The van der Waals surface area contributed by atoms with Crippen LogP contribution in [-0.2, 0) is 22.4 Å². The number of piperidine rings is 3. The molecule has 2 N–H and O–H groups in total. The van der Waals surface area contributed by atoms with Crippen LogP contribution >= 0.6 is 23.2 Å². The Morgan fingerprint density at radius 1 is 0.960 bits per heavy atom. The Bertz CT molecular complexity index is 1800. The van der Waals surface area contributed by atoms with Gasteiger partial charge in [-0.2, -0.15) is 0 Å². The number of H-pyrrole nitrogens is 1. The Morgan fingerprint density at radius 2 is 1.68 bits per heavy atom. The van der Waals surface area contributed by atoms with Crippen LogP contribution in [0.1, 0.15) is 46.0 Å². The minimum Gasteiger partial charge on any atom is -0.870 e. The quantitative estimate of drug-likeness (QED) is 0.149. The van der Waals surface area contributed by atoms with Gasteiger partial charge < -0.3 is 24.4 Å². The van der Waals surface area contributed by atoms with Crippen LogP contribution in [0.4, 0.5) is 14.9 Å². The number of hydrogen-bond donors (Lipinski definition) is 0. The second-order valence-corrected chi connectivity index (χ2v) is 13.0. The van der Waals surface area contributed by atoms with Crippen molar-refractivity contribution in [2.75, 3.05) is 38.8 Å². The summed E-state index contributed by atoms with van der Waals surface area (Å²) in [6.45, 7) is 2.74. The van der Waals surface area contributed by atoms with E-state index in [1.54, 1.807) is 67.0 Å². The molecule has 0 saturated carbocycles. The number of hydrogen-bond acceptors (Lipinski definition) is 8. The van der Waals surface area contributed by atoms with Crippen LogP contribution in [-0.4, -0.2) is 62.4 Å². The number of amides is 1. The number of carbonyl (C=O) groups is 2. The van der Waals surface area contributed by atoms with Gasteiger partial charge in [0.05, 0.1) is 32.0 Å². The zero-order valence-electron chi connectivity index (χ0n) is 27.6. The van der Waals surface area contributed by atoms with Gasteiger partial charge >= 0.3 is 12.1 Å². The van der Waals surface area contributed by atoms with E-state index in [2.05, 4.69) is 9.88 Å². The topological polar surface area (TPSA) is 122 Å². The minimum atomic E-state index is -0.811. The third-order valence-corrected chi connectivity index (χ3v) is 9.78. The highest BCUT2D eigenvalue weighted by atomic mass is 35.5. The van der Waals surface area contributed by atoms with Crippen molar-refractivity contribution in [2.24, 2.45) is 5.92 Å². The summed E-state index contributed by atoms with van der Waals surface area (Å²) in [5, 5.41) is 0.775. The molecule has 13 heteroatoms. The van der Waals surface area contributed by atoms with E-state index in [0.29, 0.717) is 56.4 Å². The average Bonchev–Trinajstić information content (AvgIpc) is 3.12. The summed E-state index contributed by atoms with van der Waals surface area (Å²) in [5.41, 5.74) is 2.45. The van der Waals surface area contributed by atoms with E-state index in [-0.39, 0.29) is 30.1 Å². The summed E-state index contributed by atoms with van der Waals surface area (Å²) < 4.78 is 37.4. The molecule has 7 rings (SSSR count). The number of ether oxygens (including phenoxy) is 4. The number of aromatic amines is 1. The van der Waals surface area contributed by atoms with Crippen molar-refractivity contribution in [3.8, 4) is 11.5 Å². The number of methoxy groups -OCH3 is 2. The predicted molar refractivity (Wildman–Crippen MR) is 185 cm³/mol. The second-order valence-electron chi connectivity index (χ2n) is 12.2. The van der Waals surface area contributed by atoms with Crippen LogP contribution in [0.15, 0.2) is 79.1 Å². The molecule has 2 atom stereocenters. The average molecular weight is 727 g/mol. The van der Waals surface area contributed by atoms with Crippen molar-refractivity contribution in [3.05, 3.63) is 117 Å². The van der Waals surface area contributed by atoms with Gasteiger partial charge in [-0.05, 0) is 85.4 Å². The van der Waals surface area contributed by atoms with E-state index in [4.69, 9.17) is 42.1 Å². The van der Waals surface area contributed by atoms with Crippen molar-refractivity contribution in [1.82, 2.24) is 4.90 Å². The summed E-state index contributed by atoms with van der Waals surface area (Å²) in [5.74, 6) is 0.198. The smallest absolute Gasteiger partial charge is 0.414 e. The number of halogens is 3. The van der Waals surface area contributed by atoms with E-state index in [9.17, 15) is 14.0 Å². The molecule has 3 saturated heterocycles. The fraction of sp³-hybridized carbons (Fsp3) is 0.324. The molecule has 2 bridgehead atoms. The second kappa shape index (κ2) is 16.5. The number of benzene rings is 3. The van der Waals surface area contributed by atoms with E-state index in [1.807, 2.05) is 0 Å². The van der Waals surface area contributed by atoms with Crippen LogP contribution in [0.5, 0.6) is 11.5 Å². The Balaban J connectivity index is 0.00000486. The highest BCUT2D eigenvalue weighted by Gasteiger charge is 2.37. The van der Waals surface area contributed by atoms with Gasteiger partial charge in [-0.15, -0.1) is 0 Å². The first-order chi connectivity index (χ1) is 23.7. The molecule has 4 aromatic rings. The van der Waals surface area contributed by atoms with Crippen LogP contribution < -0.4 is 19.4 Å². The van der Waals surface area contributed by atoms with E-state index < -0.39 is 24.0 Å². The summed E-state index contributed by atoms with van der Waals surface area (Å²) in [7, 11) is 3.06. The number of esters is 1. The highest BCUT2D eigenvalue weighted by molar-refractivity contribution is 6.35. The maximum absolute atomic E-state index is 14.4. The lowest BCUT2D eigenvalue weighted by molar-refractivity contribution is -0.377. The molecule has 4 heterocycles. The number of fused-ring (bicyclic) bond motifs is 3. The predicted octanol–water partition coefficient (Wildman–Crippen LogP) is 7.17. The largest absolute Gasteiger partial charge is 0.870 e. The van der Waals surface area contributed by atoms with E-state index in [0.717, 1.165) is 25.9 Å². The zero-order chi connectivity index (χ0) is 34.5. The molecule has 3 aromatic carbocycles. The summed E-state index contributed by atoms with van der Waals surface area (Å²) >= 11 is 13.0. The Hall–Kier alpha value is -4.42. The van der Waals surface area contributed by atoms with Crippen LogP contribution in [0.25, 0.3) is 0 Å². The van der Waals surface area contributed by atoms with Gasteiger partial charge in [-0.25, -0.2) is 19.0 Å². The molecule has 10 nitrogen and oxygen atoms in total. The minimum absolute atomic E-state index is 0. The van der Waals surface area contributed by atoms with Crippen LogP contribution in [0.3, 0.4) is 0 Å². The number of nitrogens with zero attached hydrogens (tertiary/aromatic N) is 2. The van der Waals surface area contributed by atoms with Gasteiger partial charge in [0, 0.05) is 18.5 Å². The van der Waals surface area contributed by atoms with Crippen molar-refractivity contribution in [1.29, 1.82) is 0 Å². The number of rotatable bonds is 11. The summed E-state index contributed by atoms with van der Waals surface area (Å²) in [6, 6.07) is 17.8. The standard InChI is InChI=1S/C37H36Cl2FN3O6.H2O/c1-46-32-10-9-25(16-34(32)47-2)33(18-29-30(38)19-41-20-31(29)39)48-36(44)26-6-3-5-23(15-26)21-43(28-8-4-7-27(40)17-28)37(45)49-35-22-42-13-11-24(35)12-14-42;/h3-10,15-17,19-20,24,33,35H,11-14,18,21-22H2,1-2H3;1H2/t33-,35-;/m0./s1. The van der Waals surface area contributed by atoms with E-state index in [1.165, 1.54) is 31.3 Å². The zero-order valence-corrected chi connectivity index (χ0v) is 29.1. The van der Waals surface area contributed by atoms with Crippen molar-refractivity contribution < 1.29 is 43.4 Å². The van der Waals surface area contributed by atoms with Crippen molar-refractivity contribution in [3.63, 3.8) is 0 Å². The monoisotopic (exact) mass is 725 g/mol. The first-order valence-corrected chi connectivity index (χ1v) is 16.8. The molecular weight excluding hydrogens is 688 g/mol. The first-order valence-electron chi connectivity index (χ1n) is 16.0. The third kappa shape index (κ3) is 8.47. The highest BCUT2D eigenvalue weighted by Crippen LogP contribution is 2.36. The number of carbonyl (C=O) groups excluding carboxylic acids is 2. The fourth-order valence-corrected chi connectivity index (χ4v) is 6.99. The van der Waals surface area contributed by atoms with Crippen molar-refractivity contribution >= 4 is 41.0 Å². The Labute approximate surface area is 299 Å².